The van der Waals surface area contributed by atoms with Crippen LogP contribution in [0, 0.1) is 0 Å². The molecule has 0 aliphatic heterocycles. The summed E-state index contributed by atoms with van der Waals surface area (Å²) >= 11 is 1.07. The molecule has 0 saturated carbocycles. The van der Waals surface area contributed by atoms with Crippen LogP contribution >= 0.6 is 11.8 Å². The minimum atomic E-state index is -4.48. The van der Waals surface area contributed by atoms with Gasteiger partial charge in [0, 0.05) is 18.8 Å². The standard InChI is InChI=1S/C17H19F3N8OS/c1-3-21-13-24-14(22-4-2)28-15(25-13)26-27-16(28)30-9-12(29)23-11-7-5-6-10(8-11)17(18,19)20/h5-8H,3-4,9H2,1-2H3,(H,23,29)(H2,21,22,24,25,26). The molecular formula is C17H19F3N8OS. The summed E-state index contributed by atoms with van der Waals surface area (Å²) in [6.07, 6.45) is -4.48. The molecule has 0 atom stereocenters. The number of nitrogens with zero attached hydrogens (tertiary/aromatic N) is 5. The molecule has 0 aliphatic carbocycles. The Morgan fingerprint density at radius 3 is 2.60 bits per heavy atom. The predicted molar refractivity (Wildman–Crippen MR) is 108 cm³/mol. The molecular weight excluding hydrogens is 421 g/mol. The maximum absolute atomic E-state index is 12.8. The normalized spacial score (nSPS) is 11.5. The van der Waals surface area contributed by atoms with Crippen LogP contribution in [0.25, 0.3) is 5.78 Å². The summed E-state index contributed by atoms with van der Waals surface area (Å²) in [6, 6.07) is 4.45. The summed E-state index contributed by atoms with van der Waals surface area (Å²) in [5.74, 6) is 0.595. The summed E-state index contributed by atoms with van der Waals surface area (Å²) in [6.45, 7) is 5.04. The molecule has 3 aromatic rings. The van der Waals surface area contributed by atoms with E-state index in [4.69, 9.17) is 0 Å². The number of fused-ring (bicyclic) bond motifs is 1. The second kappa shape index (κ2) is 9.15. The molecule has 1 amide bonds. The fraction of sp³-hybridized carbons (Fsp3) is 0.353. The van der Waals surface area contributed by atoms with Crippen LogP contribution in [0.1, 0.15) is 19.4 Å². The lowest BCUT2D eigenvalue weighted by Crippen LogP contribution is -2.16. The van der Waals surface area contributed by atoms with Gasteiger partial charge in [0.05, 0.1) is 11.3 Å². The summed E-state index contributed by atoms with van der Waals surface area (Å²) in [4.78, 5) is 20.9. The third kappa shape index (κ3) is 5.09. The molecule has 13 heteroatoms. The highest BCUT2D eigenvalue weighted by atomic mass is 32.2. The predicted octanol–water partition coefficient (Wildman–Crippen LogP) is 3.13. The number of carbonyl (C=O) groups is 1. The van der Waals surface area contributed by atoms with Gasteiger partial charge in [-0.2, -0.15) is 23.1 Å². The average molecular weight is 440 g/mol. The van der Waals surface area contributed by atoms with E-state index in [1.807, 2.05) is 13.8 Å². The van der Waals surface area contributed by atoms with Crippen LogP contribution in [0.2, 0.25) is 0 Å². The van der Waals surface area contributed by atoms with Crippen LogP contribution in [-0.4, -0.2) is 49.3 Å². The van der Waals surface area contributed by atoms with Crippen molar-refractivity contribution in [1.82, 2.24) is 24.6 Å². The second-order valence-electron chi connectivity index (χ2n) is 5.96. The minimum absolute atomic E-state index is 0.0634. The summed E-state index contributed by atoms with van der Waals surface area (Å²) < 4.78 is 40.0. The van der Waals surface area contributed by atoms with Gasteiger partial charge >= 0.3 is 6.18 Å². The molecule has 1 aromatic carbocycles. The van der Waals surface area contributed by atoms with Crippen molar-refractivity contribution in [2.45, 2.75) is 25.2 Å². The molecule has 0 bridgehead atoms. The van der Waals surface area contributed by atoms with Crippen molar-refractivity contribution in [3.63, 3.8) is 0 Å². The zero-order valence-corrected chi connectivity index (χ0v) is 16.9. The van der Waals surface area contributed by atoms with Gasteiger partial charge in [-0.05, 0) is 32.0 Å². The molecule has 160 valence electrons. The highest BCUT2D eigenvalue weighted by Gasteiger charge is 2.30. The van der Waals surface area contributed by atoms with Gasteiger partial charge < -0.3 is 16.0 Å². The molecule has 0 aliphatic rings. The van der Waals surface area contributed by atoms with Crippen molar-refractivity contribution >= 4 is 41.0 Å². The number of aromatic nitrogens is 5. The molecule has 3 rings (SSSR count). The van der Waals surface area contributed by atoms with E-state index in [1.54, 1.807) is 4.40 Å². The SMILES string of the molecule is CCNc1nc(NCC)n2c(SCC(=O)Nc3cccc(C(F)(F)F)c3)nnc2n1. The van der Waals surface area contributed by atoms with E-state index < -0.39 is 17.6 Å². The van der Waals surface area contributed by atoms with Crippen molar-refractivity contribution in [2.24, 2.45) is 0 Å². The summed E-state index contributed by atoms with van der Waals surface area (Å²) in [5, 5.41) is 17.0. The van der Waals surface area contributed by atoms with E-state index >= 15 is 0 Å². The molecule has 3 N–H and O–H groups in total. The quantitative estimate of drug-likeness (QED) is 0.459. The van der Waals surface area contributed by atoms with Gasteiger partial charge in [0.25, 0.3) is 5.78 Å². The summed E-state index contributed by atoms with van der Waals surface area (Å²) in [5.41, 5.74) is -0.770. The Kier molecular flexibility index (Phi) is 6.59. The van der Waals surface area contributed by atoms with Gasteiger partial charge in [-0.15, -0.1) is 10.2 Å². The largest absolute Gasteiger partial charge is 0.416 e. The van der Waals surface area contributed by atoms with Gasteiger partial charge in [-0.3, -0.25) is 4.79 Å². The van der Waals surface area contributed by atoms with Crippen LogP contribution in [0.4, 0.5) is 30.8 Å². The number of rotatable bonds is 8. The first kappa shape index (κ1) is 21.6. The van der Waals surface area contributed by atoms with Crippen LogP contribution in [0.5, 0.6) is 0 Å². The lowest BCUT2D eigenvalue weighted by molar-refractivity contribution is -0.137. The Morgan fingerprint density at radius 1 is 1.13 bits per heavy atom. The van der Waals surface area contributed by atoms with Crippen molar-refractivity contribution in [3.05, 3.63) is 29.8 Å². The fourth-order valence-electron chi connectivity index (χ4n) is 2.50. The zero-order chi connectivity index (χ0) is 21.7. The highest BCUT2D eigenvalue weighted by Crippen LogP contribution is 2.30. The topological polar surface area (TPSA) is 109 Å². The molecule has 2 heterocycles. The average Bonchev–Trinajstić information content (AvgIpc) is 3.10. The Bertz CT molecular complexity index is 1040. The lowest BCUT2D eigenvalue weighted by Gasteiger charge is -2.10. The van der Waals surface area contributed by atoms with Crippen LogP contribution < -0.4 is 16.0 Å². The number of nitrogens with one attached hydrogen (secondary N) is 3. The van der Waals surface area contributed by atoms with E-state index in [9.17, 15) is 18.0 Å². The number of hydrogen-bond acceptors (Lipinski definition) is 8. The number of benzene rings is 1. The molecule has 0 unspecified atom stereocenters. The third-order valence-electron chi connectivity index (χ3n) is 3.72. The number of halogens is 3. The highest BCUT2D eigenvalue weighted by molar-refractivity contribution is 7.99. The van der Waals surface area contributed by atoms with Gasteiger partial charge in [0.2, 0.25) is 17.8 Å². The number of alkyl halides is 3. The van der Waals surface area contributed by atoms with Crippen molar-refractivity contribution in [3.8, 4) is 0 Å². The fourth-order valence-corrected chi connectivity index (χ4v) is 3.23. The number of carbonyl (C=O) groups excluding carboxylic acids is 1. The summed E-state index contributed by atoms with van der Waals surface area (Å²) in [7, 11) is 0. The first-order valence-electron chi connectivity index (χ1n) is 9.02. The minimum Gasteiger partial charge on any atom is -0.355 e. The van der Waals surface area contributed by atoms with Crippen molar-refractivity contribution < 1.29 is 18.0 Å². The maximum atomic E-state index is 12.8. The second-order valence-corrected chi connectivity index (χ2v) is 6.91. The molecule has 0 saturated heterocycles. The van der Waals surface area contributed by atoms with Crippen molar-refractivity contribution in [1.29, 1.82) is 0 Å². The van der Waals surface area contributed by atoms with Crippen molar-refractivity contribution in [2.75, 3.05) is 34.8 Å². The van der Waals surface area contributed by atoms with Gasteiger partial charge in [0.15, 0.2) is 5.16 Å². The van der Waals surface area contributed by atoms with Gasteiger partial charge in [0.1, 0.15) is 0 Å². The number of thioether (sulfide) groups is 1. The van der Waals surface area contributed by atoms with E-state index in [-0.39, 0.29) is 11.4 Å². The lowest BCUT2D eigenvalue weighted by atomic mass is 10.2. The molecule has 30 heavy (non-hydrogen) atoms. The van der Waals surface area contributed by atoms with Crippen LogP contribution in [-0.2, 0) is 11.0 Å². The number of amides is 1. The molecule has 0 spiro atoms. The maximum Gasteiger partial charge on any atom is 0.416 e. The number of anilines is 3. The first-order valence-corrected chi connectivity index (χ1v) is 10.0. The van der Waals surface area contributed by atoms with Gasteiger partial charge in [-0.25, -0.2) is 4.40 Å². The monoisotopic (exact) mass is 440 g/mol. The molecule has 0 fully saturated rings. The van der Waals surface area contributed by atoms with E-state index in [1.165, 1.54) is 12.1 Å². The molecule has 9 nitrogen and oxygen atoms in total. The molecule has 0 radical (unpaired) electrons. The first-order chi connectivity index (χ1) is 14.3. The Morgan fingerprint density at radius 2 is 1.90 bits per heavy atom. The molecule has 2 aromatic heterocycles. The van der Waals surface area contributed by atoms with Crippen LogP contribution in [0.3, 0.4) is 0 Å². The smallest absolute Gasteiger partial charge is 0.355 e. The Hall–Kier alpha value is -3.09. The Labute approximate surface area is 173 Å². The number of hydrogen-bond donors (Lipinski definition) is 3. The Balaban J connectivity index is 1.73. The third-order valence-corrected chi connectivity index (χ3v) is 4.65. The van der Waals surface area contributed by atoms with E-state index in [0.29, 0.717) is 35.9 Å². The van der Waals surface area contributed by atoms with E-state index in [0.717, 1.165) is 23.9 Å². The van der Waals surface area contributed by atoms with Crippen LogP contribution in [0.15, 0.2) is 29.4 Å². The van der Waals surface area contributed by atoms with Gasteiger partial charge in [-0.1, -0.05) is 17.8 Å². The van der Waals surface area contributed by atoms with E-state index in [2.05, 4.69) is 36.1 Å². The zero-order valence-electron chi connectivity index (χ0n) is 16.1.